The van der Waals surface area contributed by atoms with E-state index in [2.05, 4.69) is 6.58 Å². The molecular weight excluding hydrogens is 162 g/mol. The minimum atomic E-state index is 0.156. The molecule has 0 aromatic carbocycles. The second kappa shape index (κ2) is 4.08. The topological polar surface area (TPSA) is 20.3 Å². The molecule has 1 aliphatic rings. The molecule has 0 aromatic rings. The summed E-state index contributed by atoms with van der Waals surface area (Å²) in [5.74, 6) is 0.156. The van der Waals surface area contributed by atoms with E-state index in [0.717, 1.165) is 11.3 Å². The highest BCUT2D eigenvalue weighted by Crippen LogP contribution is 2.26. The van der Waals surface area contributed by atoms with Crippen LogP contribution in [-0.4, -0.2) is 17.4 Å². The van der Waals surface area contributed by atoms with Gasteiger partial charge in [0, 0.05) is 12.2 Å². The van der Waals surface area contributed by atoms with Gasteiger partial charge in [0.2, 0.25) is 5.91 Å². The van der Waals surface area contributed by atoms with E-state index < -0.39 is 0 Å². The lowest BCUT2D eigenvalue weighted by Crippen LogP contribution is -2.21. The quantitative estimate of drug-likeness (QED) is 0.633. The zero-order valence-electron chi connectivity index (χ0n) is 8.21. The van der Waals surface area contributed by atoms with E-state index in [4.69, 9.17) is 0 Å². The Kier molecular flexibility index (Phi) is 3.07. The summed E-state index contributed by atoms with van der Waals surface area (Å²) in [7, 11) is 0. The molecule has 70 valence electrons. The molecule has 0 atom stereocenters. The third-order valence-electron chi connectivity index (χ3n) is 2.15. The van der Waals surface area contributed by atoms with E-state index in [1.807, 2.05) is 32.1 Å². The van der Waals surface area contributed by atoms with Gasteiger partial charge in [0.25, 0.3) is 0 Å². The average Bonchev–Trinajstić information content (AvgIpc) is 2.38. The highest BCUT2D eigenvalue weighted by Gasteiger charge is 2.26. The SMILES string of the molecule is C=C1/C(=C\C=C/C)CC(=O)N1CC. The summed E-state index contributed by atoms with van der Waals surface area (Å²) in [4.78, 5) is 13.1. The Morgan fingerprint density at radius 2 is 2.31 bits per heavy atom. The van der Waals surface area contributed by atoms with Crippen LogP contribution in [0.3, 0.4) is 0 Å². The van der Waals surface area contributed by atoms with Crippen molar-refractivity contribution in [3.05, 3.63) is 36.1 Å². The second-order valence-corrected chi connectivity index (χ2v) is 2.98. The van der Waals surface area contributed by atoms with Crippen molar-refractivity contribution < 1.29 is 4.79 Å². The number of allylic oxidation sites excluding steroid dienone is 4. The molecule has 2 heteroatoms. The number of hydrogen-bond acceptors (Lipinski definition) is 1. The normalized spacial score (nSPS) is 21.1. The molecule has 1 amide bonds. The Hall–Kier alpha value is -1.31. The van der Waals surface area contributed by atoms with Crippen LogP contribution in [0.4, 0.5) is 0 Å². The van der Waals surface area contributed by atoms with Crippen LogP contribution in [0.25, 0.3) is 0 Å². The van der Waals surface area contributed by atoms with Gasteiger partial charge in [-0.25, -0.2) is 0 Å². The Morgan fingerprint density at radius 3 is 2.77 bits per heavy atom. The summed E-state index contributed by atoms with van der Waals surface area (Å²) < 4.78 is 0. The van der Waals surface area contributed by atoms with Crippen molar-refractivity contribution in [2.24, 2.45) is 0 Å². The predicted molar refractivity (Wildman–Crippen MR) is 54.0 cm³/mol. The van der Waals surface area contributed by atoms with Gasteiger partial charge in [-0.1, -0.05) is 24.8 Å². The summed E-state index contributed by atoms with van der Waals surface area (Å²) >= 11 is 0. The number of amides is 1. The second-order valence-electron chi connectivity index (χ2n) is 2.98. The van der Waals surface area contributed by atoms with Gasteiger partial charge in [0.1, 0.15) is 0 Å². The molecular formula is C11H15NO. The Morgan fingerprint density at radius 1 is 1.62 bits per heavy atom. The zero-order valence-corrected chi connectivity index (χ0v) is 8.21. The van der Waals surface area contributed by atoms with Crippen molar-refractivity contribution in [3.63, 3.8) is 0 Å². The van der Waals surface area contributed by atoms with E-state index in [9.17, 15) is 4.79 Å². The van der Waals surface area contributed by atoms with Crippen molar-refractivity contribution in [1.29, 1.82) is 0 Å². The van der Waals surface area contributed by atoms with Crippen LogP contribution in [0.5, 0.6) is 0 Å². The Bertz CT molecular complexity index is 286. The smallest absolute Gasteiger partial charge is 0.231 e. The van der Waals surface area contributed by atoms with Crippen LogP contribution in [-0.2, 0) is 4.79 Å². The molecule has 0 aliphatic carbocycles. The Labute approximate surface area is 79.2 Å². The lowest BCUT2D eigenvalue weighted by molar-refractivity contribution is -0.126. The van der Waals surface area contributed by atoms with E-state index in [0.29, 0.717) is 13.0 Å². The first-order valence-corrected chi connectivity index (χ1v) is 4.52. The zero-order chi connectivity index (χ0) is 9.84. The average molecular weight is 177 g/mol. The fourth-order valence-corrected chi connectivity index (χ4v) is 1.42. The number of likely N-dealkylation sites (tertiary alicyclic amines) is 1. The summed E-state index contributed by atoms with van der Waals surface area (Å²) in [5, 5.41) is 0. The minimum Gasteiger partial charge on any atom is -0.313 e. The number of nitrogens with zero attached hydrogens (tertiary/aromatic N) is 1. The molecule has 1 saturated heterocycles. The first kappa shape index (κ1) is 9.78. The third-order valence-corrected chi connectivity index (χ3v) is 2.15. The van der Waals surface area contributed by atoms with Gasteiger partial charge in [-0.05, 0) is 19.4 Å². The van der Waals surface area contributed by atoms with Crippen LogP contribution in [0.2, 0.25) is 0 Å². The molecule has 1 aliphatic heterocycles. The highest BCUT2D eigenvalue weighted by atomic mass is 16.2. The molecule has 0 unspecified atom stereocenters. The van der Waals surface area contributed by atoms with Crippen molar-refractivity contribution in [3.8, 4) is 0 Å². The molecule has 0 aromatic heterocycles. The fourth-order valence-electron chi connectivity index (χ4n) is 1.42. The van der Waals surface area contributed by atoms with Gasteiger partial charge in [0.15, 0.2) is 0 Å². The van der Waals surface area contributed by atoms with Crippen LogP contribution in [0.15, 0.2) is 36.1 Å². The number of carbonyl (C=O) groups excluding carboxylic acids is 1. The maximum absolute atomic E-state index is 11.4. The summed E-state index contributed by atoms with van der Waals surface area (Å²) in [6.07, 6.45) is 6.33. The summed E-state index contributed by atoms with van der Waals surface area (Å²) in [6, 6.07) is 0. The molecule has 0 N–H and O–H groups in total. The molecule has 2 nitrogen and oxygen atoms in total. The molecule has 13 heavy (non-hydrogen) atoms. The van der Waals surface area contributed by atoms with E-state index in [1.165, 1.54) is 0 Å². The minimum absolute atomic E-state index is 0.156. The number of likely N-dealkylation sites (N-methyl/N-ethyl adjacent to an activating group) is 1. The largest absolute Gasteiger partial charge is 0.313 e. The first-order valence-electron chi connectivity index (χ1n) is 4.52. The van der Waals surface area contributed by atoms with E-state index in [1.54, 1.807) is 4.90 Å². The van der Waals surface area contributed by atoms with Crippen molar-refractivity contribution in [2.75, 3.05) is 6.54 Å². The van der Waals surface area contributed by atoms with Gasteiger partial charge >= 0.3 is 0 Å². The number of rotatable bonds is 2. The number of carbonyl (C=O) groups is 1. The van der Waals surface area contributed by atoms with Crippen LogP contribution in [0.1, 0.15) is 20.3 Å². The molecule has 1 heterocycles. The highest BCUT2D eigenvalue weighted by molar-refractivity contribution is 5.86. The fraction of sp³-hybridized carbons (Fsp3) is 0.364. The number of hydrogen-bond donors (Lipinski definition) is 0. The molecule has 0 saturated carbocycles. The summed E-state index contributed by atoms with van der Waals surface area (Å²) in [5.41, 5.74) is 1.88. The monoisotopic (exact) mass is 177 g/mol. The van der Waals surface area contributed by atoms with Gasteiger partial charge in [-0.3, -0.25) is 4.79 Å². The lowest BCUT2D eigenvalue weighted by Gasteiger charge is -2.13. The lowest BCUT2D eigenvalue weighted by atomic mass is 10.2. The first-order chi connectivity index (χ1) is 6.20. The molecule has 1 fully saturated rings. The third kappa shape index (κ3) is 1.89. The van der Waals surface area contributed by atoms with Crippen molar-refractivity contribution >= 4 is 5.91 Å². The van der Waals surface area contributed by atoms with Gasteiger partial charge in [-0.15, -0.1) is 0 Å². The van der Waals surface area contributed by atoms with Crippen LogP contribution in [0, 0.1) is 0 Å². The molecule has 1 rings (SSSR count). The predicted octanol–water partition coefficient (Wildman–Crippen LogP) is 2.25. The van der Waals surface area contributed by atoms with Gasteiger partial charge in [0.05, 0.1) is 6.42 Å². The van der Waals surface area contributed by atoms with Crippen LogP contribution < -0.4 is 0 Å². The maximum atomic E-state index is 11.4. The van der Waals surface area contributed by atoms with Crippen molar-refractivity contribution in [1.82, 2.24) is 4.90 Å². The molecule has 0 bridgehead atoms. The van der Waals surface area contributed by atoms with Crippen LogP contribution >= 0.6 is 0 Å². The molecule has 0 spiro atoms. The summed E-state index contributed by atoms with van der Waals surface area (Å²) in [6.45, 7) is 8.52. The maximum Gasteiger partial charge on any atom is 0.231 e. The van der Waals surface area contributed by atoms with E-state index >= 15 is 0 Å². The Balaban J connectivity index is 2.84. The van der Waals surface area contributed by atoms with E-state index in [-0.39, 0.29) is 5.91 Å². The van der Waals surface area contributed by atoms with Gasteiger partial charge < -0.3 is 4.90 Å². The molecule has 0 radical (unpaired) electrons. The van der Waals surface area contributed by atoms with Crippen molar-refractivity contribution in [2.45, 2.75) is 20.3 Å². The van der Waals surface area contributed by atoms with Gasteiger partial charge in [-0.2, -0.15) is 0 Å². The standard InChI is InChI=1S/C11H15NO/c1-4-6-7-10-8-11(13)12(5-2)9(10)3/h4,6-7H,3,5,8H2,1-2H3/b6-4-,10-7-.